The third-order valence-corrected chi connectivity index (χ3v) is 4.69. The Labute approximate surface area is 127 Å². The summed E-state index contributed by atoms with van der Waals surface area (Å²) in [4.78, 5) is 5.43. The Hall–Kier alpha value is -0.910. The maximum Gasteiger partial charge on any atom is 0.178 e. The molecule has 1 aromatic heterocycles. The molecule has 1 heterocycles. The summed E-state index contributed by atoms with van der Waals surface area (Å²) < 4.78 is 16.1. The van der Waals surface area contributed by atoms with Gasteiger partial charge in [0.2, 0.25) is 0 Å². The number of hydrogen-bond donors (Lipinski definition) is 1. The van der Waals surface area contributed by atoms with Gasteiger partial charge in [-0.1, -0.05) is 11.6 Å². The van der Waals surface area contributed by atoms with Crippen molar-refractivity contribution in [2.75, 3.05) is 7.05 Å². The molecule has 0 amide bonds. The third-order valence-electron chi connectivity index (χ3n) is 4.08. The monoisotopic (exact) mass is 313 g/mol. The van der Waals surface area contributed by atoms with Crippen LogP contribution < -0.4 is 0 Å². The number of aromatic nitrogens is 2. The topological polar surface area (TPSA) is 24.0 Å². The second-order valence-corrected chi connectivity index (χ2v) is 6.36. The summed E-state index contributed by atoms with van der Waals surface area (Å²) in [6.45, 7) is 2.96. The normalized spacial score (nSPS) is 17.1. The molecule has 1 saturated carbocycles. The molecule has 3 rings (SSSR count). The van der Waals surface area contributed by atoms with E-state index < -0.39 is 5.82 Å². The zero-order chi connectivity index (χ0) is 14.4. The van der Waals surface area contributed by atoms with Crippen LogP contribution in [-0.4, -0.2) is 33.6 Å². The maximum absolute atomic E-state index is 13.5. The highest BCUT2D eigenvalue weighted by Crippen LogP contribution is 2.28. The van der Waals surface area contributed by atoms with Crippen molar-refractivity contribution >= 4 is 34.9 Å². The summed E-state index contributed by atoms with van der Waals surface area (Å²) in [7, 11) is 2.15. The molecule has 0 saturated heterocycles. The lowest BCUT2D eigenvalue weighted by molar-refractivity contribution is 0.226. The number of aromatic amines is 1. The van der Waals surface area contributed by atoms with Crippen LogP contribution in [0.1, 0.15) is 19.8 Å². The van der Waals surface area contributed by atoms with Gasteiger partial charge in [0.05, 0.1) is 16.1 Å². The van der Waals surface area contributed by atoms with Gasteiger partial charge in [-0.2, -0.15) is 0 Å². The Morgan fingerprint density at radius 3 is 2.90 bits per heavy atom. The lowest BCUT2D eigenvalue weighted by Gasteiger charge is -2.25. The predicted molar refractivity (Wildman–Crippen MR) is 82.3 cm³/mol. The molecule has 20 heavy (non-hydrogen) atoms. The molecular weight excluding hydrogens is 297 g/mol. The molecule has 3 nitrogen and oxygen atoms in total. The molecule has 6 heteroatoms. The first-order valence-electron chi connectivity index (χ1n) is 6.77. The Morgan fingerprint density at radius 2 is 2.25 bits per heavy atom. The van der Waals surface area contributed by atoms with Gasteiger partial charge in [0.15, 0.2) is 4.77 Å². The first-order chi connectivity index (χ1) is 9.47. The van der Waals surface area contributed by atoms with Gasteiger partial charge in [0.25, 0.3) is 0 Å². The Morgan fingerprint density at radius 1 is 1.55 bits per heavy atom. The predicted octanol–water partition coefficient (Wildman–Crippen LogP) is 3.97. The summed E-state index contributed by atoms with van der Waals surface area (Å²) in [5.74, 6) is -0.425. The van der Waals surface area contributed by atoms with Gasteiger partial charge in [-0.05, 0) is 45.1 Å². The number of fused-ring (bicyclic) bond motifs is 1. The highest BCUT2D eigenvalue weighted by Gasteiger charge is 2.29. The lowest BCUT2D eigenvalue weighted by atomic mass is 10.2. The fourth-order valence-corrected chi connectivity index (χ4v) is 3.01. The Kier molecular flexibility index (Phi) is 3.60. The SMILES string of the molecule is CC(Cn1c(=S)[nH]c2cc(F)c(Cl)cc21)N(C)C1CC1. The van der Waals surface area contributed by atoms with Crippen LogP contribution in [0.4, 0.5) is 4.39 Å². The summed E-state index contributed by atoms with van der Waals surface area (Å²) in [5, 5.41) is 0.128. The first-order valence-corrected chi connectivity index (χ1v) is 7.55. The molecule has 1 fully saturated rings. The lowest BCUT2D eigenvalue weighted by Crippen LogP contribution is -2.34. The minimum atomic E-state index is -0.425. The quantitative estimate of drug-likeness (QED) is 0.863. The molecule has 1 atom stereocenters. The second kappa shape index (κ2) is 5.13. The van der Waals surface area contributed by atoms with Crippen molar-refractivity contribution < 1.29 is 4.39 Å². The van der Waals surface area contributed by atoms with Crippen molar-refractivity contribution in [1.29, 1.82) is 0 Å². The molecule has 2 aromatic rings. The van der Waals surface area contributed by atoms with Crippen LogP contribution in [0.15, 0.2) is 12.1 Å². The molecule has 1 aliphatic rings. The summed E-state index contributed by atoms with van der Waals surface area (Å²) in [6.07, 6.45) is 2.55. The summed E-state index contributed by atoms with van der Waals surface area (Å²) in [6, 6.07) is 4.11. The van der Waals surface area contributed by atoms with Crippen LogP contribution in [0.25, 0.3) is 11.0 Å². The minimum Gasteiger partial charge on any atom is -0.330 e. The van der Waals surface area contributed by atoms with Gasteiger partial charge in [0.1, 0.15) is 5.82 Å². The number of nitrogens with one attached hydrogen (secondary N) is 1. The first kappa shape index (κ1) is 14.0. The number of likely N-dealkylation sites (N-methyl/N-ethyl adjacent to an activating group) is 1. The molecule has 0 radical (unpaired) electrons. The van der Waals surface area contributed by atoms with Crippen molar-refractivity contribution in [1.82, 2.24) is 14.5 Å². The van der Waals surface area contributed by atoms with E-state index in [2.05, 4.69) is 23.9 Å². The number of rotatable bonds is 4. The maximum atomic E-state index is 13.5. The number of imidazole rings is 1. The third kappa shape index (κ3) is 2.50. The van der Waals surface area contributed by atoms with Gasteiger partial charge < -0.3 is 9.55 Å². The van der Waals surface area contributed by atoms with Gasteiger partial charge in [-0.15, -0.1) is 0 Å². The van der Waals surface area contributed by atoms with Crippen LogP contribution in [0.5, 0.6) is 0 Å². The van der Waals surface area contributed by atoms with Gasteiger partial charge in [0, 0.05) is 24.7 Å². The van der Waals surface area contributed by atoms with E-state index in [-0.39, 0.29) is 5.02 Å². The molecule has 1 aromatic carbocycles. The Balaban J connectivity index is 1.96. The van der Waals surface area contributed by atoms with E-state index in [9.17, 15) is 4.39 Å². The van der Waals surface area contributed by atoms with E-state index in [1.165, 1.54) is 18.9 Å². The molecule has 0 spiro atoms. The molecule has 1 N–H and O–H groups in total. The number of nitrogens with zero attached hydrogens (tertiary/aromatic N) is 2. The summed E-state index contributed by atoms with van der Waals surface area (Å²) in [5.41, 5.74) is 1.55. The highest BCUT2D eigenvalue weighted by molar-refractivity contribution is 7.71. The molecular formula is C14H17ClFN3S. The van der Waals surface area contributed by atoms with Crippen LogP contribution in [0, 0.1) is 10.6 Å². The zero-order valence-corrected chi connectivity index (χ0v) is 13.1. The van der Waals surface area contributed by atoms with Gasteiger partial charge in [-0.25, -0.2) is 4.39 Å². The fourth-order valence-electron chi connectivity index (χ4n) is 2.57. The van der Waals surface area contributed by atoms with Gasteiger partial charge in [-0.3, -0.25) is 4.90 Å². The Bertz CT molecular complexity index is 704. The molecule has 0 aliphatic heterocycles. The van der Waals surface area contributed by atoms with Crippen molar-refractivity contribution in [2.45, 2.75) is 38.4 Å². The van der Waals surface area contributed by atoms with E-state index in [0.717, 1.165) is 12.1 Å². The van der Waals surface area contributed by atoms with Crippen LogP contribution in [-0.2, 0) is 6.54 Å². The molecule has 0 bridgehead atoms. The average Bonchev–Trinajstić information content (AvgIpc) is 3.19. The minimum absolute atomic E-state index is 0.128. The number of benzene rings is 1. The largest absolute Gasteiger partial charge is 0.330 e. The van der Waals surface area contributed by atoms with E-state index in [1.54, 1.807) is 6.07 Å². The standard InChI is InChI=1S/C14H17ClFN3S/c1-8(18(2)9-3-4-9)7-19-13-5-10(15)11(16)6-12(13)17-14(19)20/h5-6,8-9H,3-4,7H2,1-2H3,(H,17,20). The molecule has 1 aliphatic carbocycles. The summed E-state index contributed by atoms with van der Waals surface area (Å²) >= 11 is 11.2. The van der Waals surface area contributed by atoms with E-state index in [1.807, 2.05) is 4.57 Å². The van der Waals surface area contributed by atoms with Crippen molar-refractivity contribution in [2.24, 2.45) is 0 Å². The van der Waals surface area contributed by atoms with Crippen LogP contribution in [0.2, 0.25) is 5.02 Å². The van der Waals surface area contributed by atoms with Gasteiger partial charge >= 0.3 is 0 Å². The van der Waals surface area contributed by atoms with E-state index in [4.69, 9.17) is 23.8 Å². The smallest absolute Gasteiger partial charge is 0.178 e. The highest BCUT2D eigenvalue weighted by atomic mass is 35.5. The average molecular weight is 314 g/mol. The van der Waals surface area contributed by atoms with Crippen molar-refractivity contribution in [3.8, 4) is 0 Å². The second-order valence-electron chi connectivity index (χ2n) is 5.57. The van der Waals surface area contributed by atoms with E-state index >= 15 is 0 Å². The molecule has 1 unspecified atom stereocenters. The van der Waals surface area contributed by atoms with Crippen LogP contribution >= 0.6 is 23.8 Å². The number of hydrogen-bond acceptors (Lipinski definition) is 2. The zero-order valence-electron chi connectivity index (χ0n) is 11.5. The van der Waals surface area contributed by atoms with E-state index in [0.29, 0.717) is 22.4 Å². The molecule has 108 valence electrons. The van der Waals surface area contributed by atoms with Crippen molar-refractivity contribution in [3.05, 3.63) is 27.7 Å². The number of H-pyrrole nitrogens is 1. The van der Waals surface area contributed by atoms with Crippen molar-refractivity contribution in [3.63, 3.8) is 0 Å². The fraction of sp³-hybridized carbons (Fsp3) is 0.500. The number of halogens is 2. The van der Waals surface area contributed by atoms with Crippen LogP contribution in [0.3, 0.4) is 0 Å².